The van der Waals surface area contributed by atoms with E-state index in [4.69, 9.17) is 9.47 Å². The van der Waals surface area contributed by atoms with E-state index in [1.54, 1.807) is 14.2 Å². The molecule has 0 heterocycles. The summed E-state index contributed by atoms with van der Waals surface area (Å²) >= 11 is 0. The zero-order valence-corrected chi connectivity index (χ0v) is 23.2. The largest absolute Gasteiger partial charge is 0.497 e. The maximum absolute atomic E-state index is 5.67. The third-order valence-corrected chi connectivity index (χ3v) is 8.06. The van der Waals surface area contributed by atoms with E-state index in [1.807, 2.05) is 12.1 Å². The fraction of sp³-hybridized carbons (Fsp3) is 0.105. The van der Waals surface area contributed by atoms with Gasteiger partial charge in [-0.25, -0.2) is 0 Å². The molecule has 0 aliphatic rings. The van der Waals surface area contributed by atoms with Gasteiger partial charge in [-0.3, -0.25) is 0 Å². The summed E-state index contributed by atoms with van der Waals surface area (Å²) in [4.78, 5) is 0. The molecule has 0 aliphatic heterocycles. The number of ether oxygens (including phenoxy) is 2. The van der Waals surface area contributed by atoms with Crippen LogP contribution in [0.5, 0.6) is 11.5 Å². The molecule has 0 aromatic heterocycles. The van der Waals surface area contributed by atoms with Crippen LogP contribution in [-0.2, 0) is 0 Å². The molecule has 0 radical (unpaired) electrons. The van der Waals surface area contributed by atoms with Crippen LogP contribution in [0.15, 0.2) is 109 Å². The molecule has 0 amide bonds. The molecule has 0 fully saturated rings. The van der Waals surface area contributed by atoms with Gasteiger partial charge in [0, 0.05) is 0 Å². The van der Waals surface area contributed by atoms with Crippen LogP contribution in [0.25, 0.3) is 65.3 Å². The van der Waals surface area contributed by atoms with Crippen molar-refractivity contribution >= 4 is 43.1 Å². The summed E-state index contributed by atoms with van der Waals surface area (Å²) < 4.78 is 11.3. The van der Waals surface area contributed by atoms with Gasteiger partial charge in [0.05, 0.1) is 14.2 Å². The van der Waals surface area contributed by atoms with Crippen LogP contribution in [0, 0.1) is 13.8 Å². The molecular formula is C38H30O2. The highest BCUT2D eigenvalue weighted by atomic mass is 16.5. The Hall–Kier alpha value is -4.82. The van der Waals surface area contributed by atoms with E-state index in [1.165, 1.54) is 76.5 Å². The van der Waals surface area contributed by atoms with Crippen LogP contribution in [0.2, 0.25) is 0 Å². The van der Waals surface area contributed by atoms with E-state index in [9.17, 15) is 0 Å². The third kappa shape index (κ3) is 3.96. The Morgan fingerprint density at radius 1 is 0.400 bits per heavy atom. The minimum absolute atomic E-state index is 0.857. The lowest BCUT2D eigenvalue weighted by Crippen LogP contribution is -1.91. The molecule has 7 rings (SSSR count). The Morgan fingerprint density at radius 3 is 1.35 bits per heavy atom. The highest BCUT2D eigenvalue weighted by Gasteiger charge is 2.16. The van der Waals surface area contributed by atoms with E-state index >= 15 is 0 Å². The van der Waals surface area contributed by atoms with Crippen LogP contribution in [-0.4, -0.2) is 14.2 Å². The zero-order chi connectivity index (χ0) is 27.4. The van der Waals surface area contributed by atoms with Crippen molar-refractivity contribution in [3.63, 3.8) is 0 Å². The van der Waals surface area contributed by atoms with Gasteiger partial charge >= 0.3 is 0 Å². The first-order valence-corrected chi connectivity index (χ1v) is 13.7. The molecule has 194 valence electrons. The number of hydrogen-bond acceptors (Lipinski definition) is 2. The van der Waals surface area contributed by atoms with E-state index < -0.39 is 0 Å². The molecule has 7 aromatic carbocycles. The van der Waals surface area contributed by atoms with E-state index in [-0.39, 0.29) is 0 Å². The molecule has 0 N–H and O–H groups in total. The summed E-state index contributed by atoms with van der Waals surface area (Å²) in [6.45, 7) is 4.32. The molecule has 2 heteroatoms. The van der Waals surface area contributed by atoms with E-state index in [0.717, 1.165) is 11.5 Å². The van der Waals surface area contributed by atoms with Crippen molar-refractivity contribution in [2.45, 2.75) is 13.8 Å². The number of fused-ring (bicyclic) bond motifs is 6. The predicted molar refractivity (Wildman–Crippen MR) is 170 cm³/mol. The summed E-state index contributed by atoms with van der Waals surface area (Å²) in [6.07, 6.45) is 0. The van der Waals surface area contributed by atoms with Crippen molar-refractivity contribution in [1.29, 1.82) is 0 Å². The predicted octanol–water partition coefficient (Wildman–Crippen LogP) is 10.3. The van der Waals surface area contributed by atoms with Gasteiger partial charge in [0.15, 0.2) is 0 Å². The molecule has 0 spiro atoms. The van der Waals surface area contributed by atoms with Gasteiger partial charge in [-0.05, 0) is 110 Å². The lowest BCUT2D eigenvalue weighted by atomic mass is 9.86. The second kappa shape index (κ2) is 9.43. The van der Waals surface area contributed by atoms with Gasteiger partial charge in [0.1, 0.15) is 11.5 Å². The highest BCUT2D eigenvalue weighted by Crippen LogP contribution is 2.44. The first-order chi connectivity index (χ1) is 19.5. The Balaban J connectivity index is 1.61. The molecule has 40 heavy (non-hydrogen) atoms. The molecule has 0 unspecified atom stereocenters. The number of aryl methyl sites for hydroxylation is 2. The van der Waals surface area contributed by atoms with Crippen molar-refractivity contribution in [1.82, 2.24) is 0 Å². The average molecular weight is 519 g/mol. The van der Waals surface area contributed by atoms with Crippen molar-refractivity contribution < 1.29 is 9.47 Å². The maximum Gasteiger partial charge on any atom is 0.119 e. The van der Waals surface area contributed by atoms with Crippen LogP contribution < -0.4 is 9.47 Å². The SMILES string of the molecule is COc1ccc2ccc3cc4ccc5ccc(OC)cc5c4c(-c4ccc(-c5cc(C)cc(C)c5)cc4)c3c2c1. The summed E-state index contributed by atoms with van der Waals surface area (Å²) in [6, 6.07) is 39.7. The quantitative estimate of drug-likeness (QED) is 0.170. The highest BCUT2D eigenvalue weighted by molar-refractivity contribution is 6.27. The van der Waals surface area contributed by atoms with E-state index in [2.05, 4.69) is 111 Å². The minimum Gasteiger partial charge on any atom is -0.497 e. The first-order valence-electron chi connectivity index (χ1n) is 13.7. The molecular weight excluding hydrogens is 488 g/mol. The summed E-state index contributed by atoms with van der Waals surface area (Å²) in [7, 11) is 3.46. The summed E-state index contributed by atoms with van der Waals surface area (Å²) in [5.74, 6) is 1.71. The normalized spacial score (nSPS) is 11.5. The Kier molecular flexibility index (Phi) is 5.71. The fourth-order valence-electron chi connectivity index (χ4n) is 6.24. The molecule has 0 bridgehead atoms. The number of benzene rings is 7. The maximum atomic E-state index is 5.67. The van der Waals surface area contributed by atoms with Crippen LogP contribution >= 0.6 is 0 Å². The monoisotopic (exact) mass is 518 g/mol. The van der Waals surface area contributed by atoms with Crippen LogP contribution in [0.1, 0.15) is 11.1 Å². The van der Waals surface area contributed by atoms with Crippen molar-refractivity contribution in [2.24, 2.45) is 0 Å². The lowest BCUT2D eigenvalue weighted by Gasteiger charge is -2.17. The second-order valence-corrected chi connectivity index (χ2v) is 10.7. The van der Waals surface area contributed by atoms with Gasteiger partial charge in [-0.15, -0.1) is 0 Å². The Labute approximate surface area is 234 Å². The number of methoxy groups -OCH3 is 2. The third-order valence-electron chi connectivity index (χ3n) is 8.06. The van der Waals surface area contributed by atoms with Gasteiger partial charge in [-0.2, -0.15) is 0 Å². The molecule has 7 aromatic rings. The Morgan fingerprint density at radius 2 is 0.850 bits per heavy atom. The fourth-order valence-corrected chi connectivity index (χ4v) is 6.24. The minimum atomic E-state index is 0.857. The Bertz CT molecular complexity index is 1960. The molecule has 0 saturated carbocycles. The second-order valence-electron chi connectivity index (χ2n) is 10.7. The van der Waals surface area contributed by atoms with Crippen LogP contribution in [0.3, 0.4) is 0 Å². The van der Waals surface area contributed by atoms with Crippen molar-refractivity contribution in [3.8, 4) is 33.8 Å². The summed E-state index contributed by atoms with van der Waals surface area (Å²) in [5.41, 5.74) is 7.45. The molecule has 0 atom stereocenters. The van der Waals surface area contributed by atoms with E-state index in [0.29, 0.717) is 0 Å². The molecule has 0 aliphatic carbocycles. The average Bonchev–Trinajstić information content (AvgIpc) is 2.98. The number of rotatable bonds is 4. The topological polar surface area (TPSA) is 18.5 Å². The molecule has 2 nitrogen and oxygen atoms in total. The smallest absolute Gasteiger partial charge is 0.119 e. The zero-order valence-electron chi connectivity index (χ0n) is 23.2. The van der Waals surface area contributed by atoms with Crippen LogP contribution in [0.4, 0.5) is 0 Å². The van der Waals surface area contributed by atoms with Crippen molar-refractivity contribution in [2.75, 3.05) is 14.2 Å². The lowest BCUT2D eigenvalue weighted by molar-refractivity contribution is 0.415. The number of hydrogen-bond donors (Lipinski definition) is 0. The van der Waals surface area contributed by atoms with Gasteiger partial charge in [0.25, 0.3) is 0 Å². The van der Waals surface area contributed by atoms with Gasteiger partial charge in [-0.1, -0.05) is 90.0 Å². The first kappa shape index (κ1) is 24.2. The van der Waals surface area contributed by atoms with Crippen molar-refractivity contribution in [3.05, 3.63) is 120 Å². The summed E-state index contributed by atoms with van der Waals surface area (Å²) in [5, 5.41) is 9.65. The van der Waals surface area contributed by atoms with Gasteiger partial charge < -0.3 is 9.47 Å². The molecule has 0 saturated heterocycles. The van der Waals surface area contributed by atoms with Gasteiger partial charge in [0.2, 0.25) is 0 Å². The standard InChI is InChI=1S/C38H30O2/c1-23-17-24(2)19-31(18-23)25-5-9-28(10-6-25)38-36-29(11-7-26-13-15-32(39-3)21-34(26)36)20-30-12-8-27-14-16-33(40-4)22-35(27)37(30)38/h5-22H,1-4H3.